The third-order valence-electron chi connectivity index (χ3n) is 3.35. The molecule has 0 aliphatic heterocycles. The Morgan fingerprint density at radius 3 is 1.72 bits per heavy atom. The summed E-state index contributed by atoms with van der Waals surface area (Å²) in [6.45, 7) is 17.3. The molecular weight excluding hydrogens is 239 g/mol. The Balaban J connectivity index is 3.50. The van der Waals surface area contributed by atoms with Gasteiger partial charge in [0.25, 0.3) is 0 Å². The van der Waals surface area contributed by atoms with Gasteiger partial charge in [0.05, 0.1) is 0 Å². The predicted molar refractivity (Wildman–Crippen MR) is 85.9 cm³/mol. The van der Waals surface area contributed by atoms with Crippen LogP contribution < -0.4 is 5.30 Å². The quantitative estimate of drug-likeness (QED) is 0.768. The van der Waals surface area contributed by atoms with Crippen molar-refractivity contribution in [3.05, 3.63) is 29.3 Å². The summed E-state index contributed by atoms with van der Waals surface area (Å²) in [6.07, 6.45) is 0. The van der Waals surface area contributed by atoms with Crippen LogP contribution in [0.2, 0.25) is 0 Å². The van der Waals surface area contributed by atoms with Gasteiger partial charge < -0.3 is 0 Å². The molecule has 1 nitrogen and oxygen atoms in total. The molecule has 18 heavy (non-hydrogen) atoms. The second-order valence-corrected chi connectivity index (χ2v) is 11.5. The fourth-order valence-electron chi connectivity index (χ4n) is 2.16. The molecule has 1 N–H and O–H groups in total. The first-order valence-electron chi connectivity index (χ1n) is 6.71. The molecule has 2 heteroatoms. The van der Waals surface area contributed by atoms with Crippen LogP contribution in [0, 0.1) is 0 Å². The molecule has 0 spiro atoms. The molecule has 1 aromatic rings. The van der Waals surface area contributed by atoms with E-state index < -0.39 is 7.49 Å². The van der Waals surface area contributed by atoms with Gasteiger partial charge in [-0.2, -0.15) is 0 Å². The van der Waals surface area contributed by atoms with Crippen molar-refractivity contribution >= 4 is 12.8 Å². The third-order valence-corrected chi connectivity index (χ3v) is 5.11. The molecule has 0 amide bonds. The second-order valence-electron chi connectivity index (χ2n) is 7.82. The average Bonchev–Trinajstić information content (AvgIpc) is 2.12. The Kier molecular flexibility index (Phi) is 4.02. The first-order valence-corrected chi connectivity index (χ1v) is 9.66. The van der Waals surface area contributed by atoms with Crippen LogP contribution in [0.3, 0.4) is 0 Å². The molecule has 0 heterocycles. The van der Waals surface area contributed by atoms with Gasteiger partial charge >= 0.3 is 113 Å². The summed E-state index contributed by atoms with van der Waals surface area (Å²) in [7, 11) is -2.27. The average molecular weight is 268 g/mol. The van der Waals surface area contributed by atoms with Crippen LogP contribution in [-0.2, 0) is 10.8 Å². The van der Waals surface area contributed by atoms with Crippen molar-refractivity contribution in [3.8, 4) is 0 Å². The molecule has 0 atom stereocenters. The van der Waals surface area contributed by atoms with Crippen LogP contribution >= 0.6 is 7.49 Å². The zero-order valence-electron chi connectivity index (χ0n) is 13.2. The topological polar surface area (TPSA) is 20.2 Å². The predicted octanol–water partition coefficient (Wildman–Crippen LogP) is 3.82. The summed E-state index contributed by atoms with van der Waals surface area (Å²) < 4.78 is 0. The normalized spacial score (nSPS) is 14.7. The van der Waals surface area contributed by atoms with Gasteiger partial charge in [-0.05, 0) is 0 Å². The second kappa shape index (κ2) is 4.62. The summed E-state index contributed by atoms with van der Waals surface area (Å²) in [5.41, 5.74) is 2.87. The molecule has 0 aliphatic carbocycles. The van der Waals surface area contributed by atoms with Gasteiger partial charge in [0, 0.05) is 0 Å². The van der Waals surface area contributed by atoms with E-state index in [9.17, 15) is 4.89 Å². The van der Waals surface area contributed by atoms with Gasteiger partial charge in [0.2, 0.25) is 0 Å². The Bertz CT molecular complexity index is 428. The number of benzene rings is 1. The van der Waals surface area contributed by atoms with E-state index in [1.54, 1.807) is 0 Å². The van der Waals surface area contributed by atoms with Crippen molar-refractivity contribution in [1.29, 1.82) is 0 Å². The van der Waals surface area contributed by atoms with E-state index in [-0.39, 0.29) is 10.8 Å². The summed E-state index contributed by atoms with van der Waals surface area (Å²) >= 11 is 0. The molecular formula is C16H29OP. The van der Waals surface area contributed by atoms with Crippen molar-refractivity contribution in [1.82, 2.24) is 0 Å². The van der Waals surface area contributed by atoms with E-state index in [1.165, 1.54) is 16.4 Å². The molecule has 0 saturated carbocycles. The van der Waals surface area contributed by atoms with Crippen molar-refractivity contribution in [3.63, 3.8) is 0 Å². The number of hydrogen-bond acceptors (Lipinski definition) is 1. The Morgan fingerprint density at radius 1 is 0.889 bits per heavy atom. The molecule has 1 rings (SSSR count). The SMILES string of the molecule is CC(C)(C)c1ccc([PH](C)(C)O)c(C(C)(C)C)c1. The van der Waals surface area contributed by atoms with Crippen LogP contribution in [0.5, 0.6) is 0 Å². The molecule has 0 fully saturated rings. The van der Waals surface area contributed by atoms with Crippen LogP contribution in [-0.4, -0.2) is 18.2 Å². The zero-order chi connectivity index (χ0) is 14.4. The summed E-state index contributed by atoms with van der Waals surface area (Å²) in [5.74, 6) is 0. The van der Waals surface area contributed by atoms with Gasteiger partial charge in [-0.25, -0.2) is 0 Å². The molecule has 0 unspecified atom stereocenters. The first kappa shape index (κ1) is 15.7. The van der Waals surface area contributed by atoms with E-state index in [4.69, 9.17) is 0 Å². The van der Waals surface area contributed by atoms with Crippen LogP contribution in [0.15, 0.2) is 18.2 Å². The Morgan fingerprint density at radius 2 is 1.39 bits per heavy atom. The molecule has 0 saturated heterocycles. The van der Waals surface area contributed by atoms with Crippen LogP contribution in [0.25, 0.3) is 0 Å². The van der Waals surface area contributed by atoms with Crippen molar-refractivity contribution in [2.45, 2.75) is 52.4 Å². The molecule has 104 valence electrons. The van der Waals surface area contributed by atoms with Crippen molar-refractivity contribution in [2.75, 3.05) is 13.3 Å². The van der Waals surface area contributed by atoms with Gasteiger partial charge in [-0.15, -0.1) is 0 Å². The number of hydrogen-bond donors (Lipinski definition) is 1. The van der Waals surface area contributed by atoms with Crippen molar-refractivity contribution in [2.24, 2.45) is 0 Å². The van der Waals surface area contributed by atoms with E-state index in [1.807, 2.05) is 13.3 Å². The van der Waals surface area contributed by atoms with E-state index >= 15 is 0 Å². The zero-order valence-corrected chi connectivity index (χ0v) is 14.2. The van der Waals surface area contributed by atoms with Crippen molar-refractivity contribution < 1.29 is 4.89 Å². The van der Waals surface area contributed by atoms with Gasteiger partial charge in [-0.3, -0.25) is 0 Å². The van der Waals surface area contributed by atoms with Crippen LogP contribution in [0.4, 0.5) is 0 Å². The molecule has 1 aromatic carbocycles. The maximum absolute atomic E-state index is 10.5. The van der Waals surface area contributed by atoms with Gasteiger partial charge in [-0.1, -0.05) is 0 Å². The third kappa shape index (κ3) is 3.56. The summed E-state index contributed by atoms with van der Waals surface area (Å²) in [5, 5.41) is 1.17. The van der Waals surface area contributed by atoms with E-state index in [0.29, 0.717) is 0 Å². The Hall–Kier alpha value is -0.390. The minimum absolute atomic E-state index is 0.0730. The fraction of sp³-hybridized carbons (Fsp3) is 0.625. The fourth-order valence-corrected chi connectivity index (χ4v) is 3.76. The first-order chi connectivity index (χ1) is 7.83. The van der Waals surface area contributed by atoms with E-state index in [0.717, 1.165) is 0 Å². The van der Waals surface area contributed by atoms with Crippen LogP contribution in [0.1, 0.15) is 52.7 Å². The standard InChI is InChI=1S/C16H29OP/c1-15(2,3)12-9-10-14(18(7,8)17)13(11-12)16(4,5)6/h9-11,17-18H,1-8H3. The van der Waals surface area contributed by atoms with Gasteiger partial charge in [0.15, 0.2) is 0 Å². The maximum atomic E-state index is 10.5. The monoisotopic (exact) mass is 268 g/mol. The molecule has 0 radical (unpaired) electrons. The van der Waals surface area contributed by atoms with Gasteiger partial charge in [0.1, 0.15) is 0 Å². The summed E-state index contributed by atoms with van der Waals surface area (Å²) in [4.78, 5) is 10.5. The summed E-state index contributed by atoms with van der Waals surface area (Å²) in [6, 6.07) is 6.61. The van der Waals surface area contributed by atoms with E-state index in [2.05, 4.69) is 59.7 Å². The molecule has 0 aromatic heterocycles. The minimum atomic E-state index is -2.27. The Labute approximate surface area is 113 Å². The number of rotatable bonds is 1. The molecule has 0 aliphatic rings. The molecule has 0 bridgehead atoms.